The molecule has 0 bridgehead atoms. The van der Waals surface area contributed by atoms with E-state index in [0.29, 0.717) is 15.9 Å². The molecule has 0 spiro atoms. The number of nitrogen functional groups attached to an aromatic ring is 1. The molecule has 0 aliphatic heterocycles. The maximum absolute atomic E-state index is 12.2. The van der Waals surface area contributed by atoms with Gasteiger partial charge >= 0.3 is 0 Å². The molecule has 0 aliphatic carbocycles. The van der Waals surface area contributed by atoms with Gasteiger partial charge in [0.05, 0.1) is 5.69 Å². The topological polar surface area (TPSA) is 72.2 Å². The summed E-state index contributed by atoms with van der Waals surface area (Å²) < 4.78 is 27.6. The molecule has 7 heteroatoms. The molecule has 0 saturated heterocycles. The lowest BCUT2D eigenvalue weighted by Gasteiger charge is -2.09. The number of benzene rings is 2. The molecule has 0 atom stereocenters. The minimum Gasteiger partial charge on any atom is -0.398 e. The normalized spacial score (nSPS) is 11.5. The van der Waals surface area contributed by atoms with E-state index in [4.69, 9.17) is 17.3 Å². The average Bonchev–Trinajstić information content (AvgIpc) is 2.41. The van der Waals surface area contributed by atoms with Crippen molar-refractivity contribution in [3.63, 3.8) is 0 Å². The smallest absolute Gasteiger partial charge is 0.242 e. The van der Waals surface area contributed by atoms with E-state index in [-0.39, 0.29) is 17.1 Å². The summed E-state index contributed by atoms with van der Waals surface area (Å²) in [4.78, 5) is 0.0722. The first kappa shape index (κ1) is 16.3. The zero-order chi connectivity index (χ0) is 15.5. The van der Waals surface area contributed by atoms with Crippen LogP contribution in [-0.2, 0) is 16.4 Å². The van der Waals surface area contributed by atoms with Gasteiger partial charge in [0.25, 0.3) is 0 Å². The first-order valence-corrected chi connectivity index (χ1v) is 8.83. The number of sulfonamides is 1. The van der Waals surface area contributed by atoms with Crippen LogP contribution in [0, 0.1) is 0 Å². The van der Waals surface area contributed by atoms with E-state index in [1.54, 1.807) is 18.2 Å². The van der Waals surface area contributed by atoms with Gasteiger partial charge in [0.15, 0.2) is 0 Å². The van der Waals surface area contributed by atoms with Crippen LogP contribution >= 0.6 is 27.5 Å². The summed E-state index contributed by atoms with van der Waals surface area (Å²) in [6.45, 7) is 0.272. The molecule has 4 nitrogen and oxygen atoms in total. The van der Waals surface area contributed by atoms with Gasteiger partial charge in [0, 0.05) is 16.0 Å². The number of anilines is 1. The van der Waals surface area contributed by atoms with Crippen molar-refractivity contribution in [1.29, 1.82) is 0 Å². The third-order valence-corrected chi connectivity index (χ3v) is 5.11. The van der Waals surface area contributed by atoms with Crippen molar-refractivity contribution in [3.05, 3.63) is 57.5 Å². The summed E-state index contributed by atoms with van der Waals surface area (Å²) >= 11 is 9.13. The summed E-state index contributed by atoms with van der Waals surface area (Å²) in [6.07, 6.45) is 0.549. The van der Waals surface area contributed by atoms with Gasteiger partial charge in [-0.05, 0) is 42.3 Å². The second-order valence-corrected chi connectivity index (χ2v) is 7.55. The van der Waals surface area contributed by atoms with E-state index in [9.17, 15) is 8.42 Å². The summed E-state index contributed by atoms with van der Waals surface area (Å²) in [6, 6.07) is 12.0. The molecule has 2 aromatic carbocycles. The molecule has 2 rings (SSSR count). The first-order chi connectivity index (χ1) is 9.88. The van der Waals surface area contributed by atoms with Gasteiger partial charge in [-0.1, -0.05) is 39.7 Å². The highest BCUT2D eigenvalue weighted by atomic mass is 79.9. The third-order valence-electron chi connectivity index (χ3n) is 2.86. The van der Waals surface area contributed by atoms with Gasteiger partial charge in [-0.3, -0.25) is 0 Å². The highest BCUT2D eigenvalue weighted by molar-refractivity contribution is 9.10. The Morgan fingerprint density at radius 2 is 1.95 bits per heavy atom. The summed E-state index contributed by atoms with van der Waals surface area (Å²) in [7, 11) is -3.63. The van der Waals surface area contributed by atoms with Crippen molar-refractivity contribution in [3.8, 4) is 0 Å². The fourth-order valence-corrected chi connectivity index (χ4v) is 3.75. The largest absolute Gasteiger partial charge is 0.398 e. The van der Waals surface area contributed by atoms with Gasteiger partial charge in [-0.25, -0.2) is 13.1 Å². The average molecular weight is 390 g/mol. The Balaban J connectivity index is 2.06. The Morgan fingerprint density at radius 3 is 2.67 bits per heavy atom. The van der Waals surface area contributed by atoms with Crippen LogP contribution in [0.4, 0.5) is 5.69 Å². The molecule has 2 aromatic rings. The Kier molecular flexibility index (Phi) is 5.27. The van der Waals surface area contributed by atoms with Gasteiger partial charge in [-0.2, -0.15) is 0 Å². The molecule has 0 amide bonds. The minimum absolute atomic E-state index is 0.0722. The Bertz CT molecular complexity index is 750. The Morgan fingerprint density at radius 1 is 1.19 bits per heavy atom. The Hall–Kier alpha value is -1.08. The predicted molar refractivity (Wildman–Crippen MR) is 88.9 cm³/mol. The quantitative estimate of drug-likeness (QED) is 0.771. The number of hydrogen-bond acceptors (Lipinski definition) is 3. The van der Waals surface area contributed by atoms with Crippen LogP contribution in [0.1, 0.15) is 5.56 Å². The van der Waals surface area contributed by atoms with Gasteiger partial charge in [0.1, 0.15) is 4.90 Å². The second kappa shape index (κ2) is 6.79. The van der Waals surface area contributed by atoms with E-state index < -0.39 is 10.0 Å². The molecular weight excluding hydrogens is 376 g/mol. The molecule has 0 saturated carbocycles. The van der Waals surface area contributed by atoms with Gasteiger partial charge < -0.3 is 5.73 Å². The lowest BCUT2D eigenvalue weighted by atomic mass is 10.2. The zero-order valence-corrected chi connectivity index (χ0v) is 14.2. The number of hydrogen-bond donors (Lipinski definition) is 2. The maximum atomic E-state index is 12.2. The highest BCUT2D eigenvalue weighted by Gasteiger charge is 2.17. The van der Waals surface area contributed by atoms with Crippen molar-refractivity contribution in [1.82, 2.24) is 4.72 Å². The summed E-state index contributed by atoms with van der Waals surface area (Å²) in [5.74, 6) is 0. The fourth-order valence-electron chi connectivity index (χ4n) is 1.84. The van der Waals surface area contributed by atoms with Crippen molar-refractivity contribution in [2.24, 2.45) is 0 Å². The monoisotopic (exact) mass is 388 g/mol. The lowest BCUT2D eigenvalue weighted by Crippen LogP contribution is -2.26. The molecule has 0 heterocycles. The Labute approximate surface area is 137 Å². The fraction of sp³-hybridized carbons (Fsp3) is 0.143. The molecule has 0 unspecified atom stereocenters. The molecule has 0 aromatic heterocycles. The number of halogens is 2. The van der Waals surface area contributed by atoms with E-state index in [1.807, 2.05) is 18.2 Å². The third kappa shape index (κ3) is 4.44. The standard InChI is InChI=1S/C14H14BrClN2O2S/c15-11-4-5-13(17)14(9-11)21(19,20)18-7-6-10-2-1-3-12(16)8-10/h1-5,8-9,18H,6-7,17H2. The van der Waals surface area contributed by atoms with E-state index in [1.165, 1.54) is 6.07 Å². The van der Waals surface area contributed by atoms with Crippen LogP contribution in [0.3, 0.4) is 0 Å². The molecule has 112 valence electrons. The summed E-state index contributed by atoms with van der Waals surface area (Å²) in [5.41, 5.74) is 6.90. The number of rotatable bonds is 5. The second-order valence-electron chi connectivity index (χ2n) is 4.46. The van der Waals surface area contributed by atoms with Crippen molar-refractivity contribution in [2.75, 3.05) is 12.3 Å². The number of nitrogens with two attached hydrogens (primary N) is 1. The van der Waals surface area contributed by atoms with E-state index >= 15 is 0 Å². The predicted octanol–water partition coefficient (Wildman–Crippen LogP) is 3.21. The molecular formula is C14H14BrClN2O2S. The van der Waals surface area contributed by atoms with Crippen LogP contribution in [0.5, 0.6) is 0 Å². The van der Waals surface area contributed by atoms with Gasteiger partial charge in [0.2, 0.25) is 10.0 Å². The molecule has 3 N–H and O–H groups in total. The minimum atomic E-state index is -3.63. The van der Waals surface area contributed by atoms with Crippen LogP contribution in [0.2, 0.25) is 5.02 Å². The number of nitrogens with one attached hydrogen (secondary N) is 1. The SMILES string of the molecule is Nc1ccc(Br)cc1S(=O)(=O)NCCc1cccc(Cl)c1. The molecule has 0 aliphatic rings. The van der Waals surface area contributed by atoms with E-state index in [2.05, 4.69) is 20.7 Å². The van der Waals surface area contributed by atoms with Crippen LogP contribution < -0.4 is 10.5 Å². The molecule has 0 radical (unpaired) electrons. The van der Waals surface area contributed by atoms with Crippen molar-refractivity contribution < 1.29 is 8.42 Å². The first-order valence-electron chi connectivity index (χ1n) is 6.17. The summed E-state index contributed by atoms with van der Waals surface area (Å²) in [5, 5.41) is 0.631. The van der Waals surface area contributed by atoms with Crippen LogP contribution in [-0.4, -0.2) is 15.0 Å². The van der Waals surface area contributed by atoms with Crippen molar-refractivity contribution >= 4 is 43.2 Å². The van der Waals surface area contributed by atoms with Crippen molar-refractivity contribution in [2.45, 2.75) is 11.3 Å². The van der Waals surface area contributed by atoms with E-state index in [0.717, 1.165) is 5.56 Å². The highest BCUT2D eigenvalue weighted by Crippen LogP contribution is 2.22. The lowest BCUT2D eigenvalue weighted by molar-refractivity contribution is 0.582. The van der Waals surface area contributed by atoms with Crippen LogP contribution in [0.15, 0.2) is 51.8 Å². The molecule has 21 heavy (non-hydrogen) atoms. The van der Waals surface area contributed by atoms with Gasteiger partial charge in [-0.15, -0.1) is 0 Å². The molecule has 0 fully saturated rings. The van der Waals surface area contributed by atoms with Crippen LogP contribution in [0.25, 0.3) is 0 Å². The zero-order valence-electron chi connectivity index (χ0n) is 11.0. The maximum Gasteiger partial charge on any atom is 0.242 e.